The molecule has 4 rings (SSSR count). The third kappa shape index (κ3) is 11.2. The number of aliphatic hydroxyl groups excluding tert-OH is 2. The summed E-state index contributed by atoms with van der Waals surface area (Å²) in [5.41, 5.74) is 3.16. The number of hydrogen-bond donors (Lipinski definition) is 2. The number of hydrogen-bond acceptors (Lipinski definition) is 8. The van der Waals surface area contributed by atoms with Gasteiger partial charge in [0.25, 0.3) is 0 Å². The zero-order valence-electron chi connectivity index (χ0n) is 28.0. The van der Waals surface area contributed by atoms with Crippen LogP contribution in [-0.4, -0.2) is 68.5 Å². The van der Waals surface area contributed by atoms with Crippen molar-refractivity contribution in [1.82, 2.24) is 0 Å². The van der Waals surface area contributed by atoms with Gasteiger partial charge in [0.15, 0.2) is 0 Å². The van der Waals surface area contributed by atoms with E-state index in [4.69, 9.17) is 29.2 Å². The largest absolute Gasteiger partial charge is 0.490 e. The molecular formula is C39H51FO8. The van der Waals surface area contributed by atoms with Crippen molar-refractivity contribution >= 4 is 11.9 Å². The first kappa shape index (κ1) is 37.1. The lowest BCUT2D eigenvalue weighted by Crippen LogP contribution is -2.25. The molecule has 262 valence electrons. The molecule has 2 aromatic carbocycles. The van der Waals surface area contributed by atoms with Gasteiger partial charge in [0, 0.05) is 6.07 Å². The summed E-state index contributed by atoms with van der Waals surface area (Å²) in [6.45, 7) is 5.89. The van der Waals surface area contributed by atoms with Crippen molar-refractivity contribution in [2.75, 3.05) is 46.3 Å². The summed E-state index contributed by atoms with van der Waals surface area (Å²) in [5.74, 6) is 2.58. The van der Waals surface area contributed by atoms with Crippen LogP contribution in [0.2, 0.25) is 0 Å². The minimum absolute atomic E-state index is 0.0262. The van der Waals surface area contributed by atoms with Crippen LogP contribution in [0.4, 0.5) is 4.39 Å². The van der Waals surface area contributed by atoms with Gasteiger partial charge in [-0.25, -0.2) is 9.59 Å². The van der Waals surface area contributed by atoms with Gasteiger partial charge in [-0.3, -0.25) is 4.39 Å². The third-order valence-corrected chi connectivity index (χ3v) is 9.80. The number of benzene rings is 2. The highest BCUT2D eigenvalue weighted by Crippen LogP contribution is 2.44. The van der Waals surface area contributed by atoms with Crippen molar-refractivity contribution in [2.45, 2.75) is 70.1 Å². The lowest BCUT2D eigenvalue weighted by molar-refractivity contribution is -0.141. The third-order valence-electron chi connectivity index (χ3n) is 9.80. The molecule has 8 nitrogen and oxygen atoms in total. The smallest absolute Gasteiger partial charge is 0.335 e. The van der Waals surface area contributed by atoms with Crippen LogP contribution in [0, 0.1) is 17.8 Å². The predicted octanol–water partition coefficient (Wildman–Crippen LogP) is 7.12. The normalized spacial score (nSPS) is 20.8. The van der Waals surface area contributed by atoms with E-state index in [-0.39, 0.29) is 44.2 Å². The van der Waals surface area contributed by atoms with Gasteiger partial charge in [-0.1, -0.05) is 50.3 Å². The number of halogens is 1. The van der Waals surface area contributed by atoms with Crippen molar-refractivity contribution in [3.05, 3.63) is 72.3 Å². The molecule has 0 radical (unpaired) electrons. The topological polar surface area (TPSA) is 112 Å². The zero-order valence-corrected chi connectivity index (χ0v) is 28.0. The van der Waals surface area contributed by atoms with Gasteiger partial charge in [0.05, 0.1) is 31.0 Å². The Morgan fingerprint density at radius 1 is 0.688 bits per heavy atom. The maximum atomic E-state index is 12.6. The van der Waals surface area contributed by atoms with Gasteiger partial charge in [-0.2, -0.15) is 0 Å². The highest BCUT2D eigenvalue weighted by molar-refractivity contribution is 5.88. The quantitative estimate of drug-likeness (QED) is 0.0983. The average molecular weight is 667 g/mol. The standard InChI is InChI=1S/C39H51FO8/c1-27(25-41)38(43)47-20-18-45-36-22-35(23-37(24-36)46-19-21-48-39(44)28(2)26-42)34-15-13-33(14-16-34)32-11-9-31(10-12-32)30-7-5-29(6-8-30)4-3-17-40/h13-16,22-24,29-32,41-42H,1-12,17-21,25-26H2. The van der Waals surface area contributed by atoms with Gasteiger partial charge in [-0.15, -0.1) is 0 Å². The first-order valence-electron chi connectivity index (χ1n) is 17.3. The number of esters is 2. The summed E-state index contributed by atoms with van der Waals surface area (Å²) in [4.78, 5) is 23.6. The summed E-state index contributed by atoms with van der Waals surface area (Å²) in [6, 6.07) is 14.1. The molecule has 2 aliphatic rings. The molecule has 0 amide bonds. The molecule has 0 saturated heterocycles. The molecule has 0 unspecified atom stereocenters. The Labute approximate surface area is 283 Å². The van der Waals surface area contributed by atoms with Crippen LogP contribution >= 0.6 is 0 Å². The van der Waals surface area contributed by atoms with Crippen molar-refractivity contribution in [1.29, 1.82) is 0 Å². The number of aliphatic hydroxyl groups is 2. The molecule has 2 saturated carbocycles. The van der Waals surface area contributed by atoms with Crippen LogP contribution in [0.1, 0.15) is 75.7 Å². The van der Waals surface area contributed by atoms with Gasteiger partial charge in [0.2, 0.25) is 0 Å². The Hall–Kier alpha value is -3.69. The van der Waals surface area contributed by atoms with Gasteiger partial charge in [-0.05, 0) is 104 Å². The van der Waals surface area contributed by atoms with Gasteiger partial charge in [0.1, 0.15) is 37.9 Å². The lowest BCUT2D eigenvalue weighted by Gasteiger charge is -2.38. The molecule has 2 N–H and O–H groups in total. The number of ether oxygens (including phenoxy) is 4. The molecule has 0 aliphatic heterocycles. The fourth-order valence-corrected chi connectivity index (χ4v) is 7.01. The maximum absolute atomic E-state index is 12.6. The number of carbonyl (C=O) groups is 2. The fourth-order valence-electron chi connectivity index (χ4n) is 7.01. The van der Waals surface area contributed by atoms with E-state index in [2.05, 4.69) is 37.4 Å². The van der Waals surface area contributed by atoms with E-state index in [0.29, 0.717) is 17.4 Å². The molecule has 9 heteroatoms. The first-order valence-corrected chi connectivity index (χ1v) is 17.3. The highest BCUT2D eigenvalue weighted by Gasteiger charge is 2.31. The molecule has 0 aromatic heterocycles. The Bertz CT molecular complexity index is 1290. The number of carbonyl (C=O) groups excluding carboxylic acids is 2. The second kappa shape index (κ2) is 19.3. The van der Waals surface area contributed by atoms with Gasteiger partial charge < -0.3 is 29.2 Å². The van der Waals surface area contributed by atoms with E-state index in [1.165, 1.54) is 56.9 Å². The summed E-state index contributed by atoms with van der Waals surface area (Å²) < 4.78 is 34.5. The van der Waals surface area contributed by atoms with Crippen LogP contribution in [0.15, 0.2) is 66.8 Å². The van der Waals surface area contributed by atoms with Crippen molar-refractivity contribution < 1.29 is 43.1 Å². The predicted molar refractivity (Wildman–Crippen MR) is 183 cm³/mol. The van der Waals surface area contributed by atoms with Crippen LogP contribution < -0.4 is 9.47 Å². The second-order valence-electron chi connectivity index (χ2n) is 13.0. The van der Waals surface area contributed by atoms with E-state index >= 15 is 0 Å². The summed E-state index contributed by atoms with van der Waals surface area (Å²) in [7, 11) is 0. The van der Waals surface area contributed by atoms with E-state index in [1.807, 2.05) is 12.1 Å². The van der Waals surface area contributed by atoms with Crippen molar-refractivity contribution in [3.63, 3.8) is 0 Å². The van der Waals surface area contributed by atoms with Gasteiger partial charge >= 0.3 is 11.9 Å². The van der Waals surface area contributed by atoms with Crippen LogP contribution in [0.3, 0.4) is 0 Å². The summed E-state index contributed by atoms with van der Waals surface area (Å²) in [5, 5.41) is 18.1. The van der Waals surface area contributed by atoms with Crippen molar-refractivity contribution in [2.24, 2.45) is 17.8 Å². The molecule has 48 heavy (non-hydrogen) atoms. The fraction of sp³-hybridized carbons (Fsp3) is 0.538. The van der Waals surface area contributed by atoms with Crippen LogP contribution in [0.25, 0.3) is 11.1 Å². The molecule has 2 aliphatic carbocycles. The highest BCUT2D eigenvalue weighted by atomic mass is 19.1. The molecule has 0 spiro atoms. The first-order chi connectivity index (χ1) is 23.3. The van der Waals surface area contributed by atoms with Crippen molar-refractivity contribution in [3.8, 4) is 22.6 Å². The molecular weight excluding hydrogens is 615 g/mol. The Morgan fingerprint density at radius 2 is 1.19 bits per heavy atom. The number of alkyl halides is 1. The lowest BCUT2D eigenvalue weighted by atomic mass is 9.68. The van der Waals surface area contributed by atoms with E-state index < -0.39 is 25.2 Å². The van der Waals surface area contributed by atoms with E-state index in [1.54, 1.807) is 6.07 Å². The minimum atomic E-state index is -0.681. The maximum Gasteiger partial charge on any atom is 0.335 e. The molecule has 0 bridgehead atoms. The van der Waals surface area contributed by atoms with Crippen LogP contribution in [0.5, 0.6) is 11.5 Å². The molecule has 2 fully saturated rings. The van der Waals surface area contributed by atoms with E-state index in [0.717, 1.165) is 41.7 Å². The summed E-state index contributed by atoms with van der Waals surface area (Å²) in [6.07, 6.45) is 11.9. The molecule has 0 atom stereocenters. The molecule has 0 heterocycles. The Kier molecular flexibility index (Phi) is 15.0. The summed E-state index contributed by atoms with van der Waals surface area (Å²) >= 11 is 0. The Balaban J connectivity index is 1.35. The molecule has 2 aromatic rings. The second-order valence-corrected chi connectivity index (χ2v) is 13.0. The zero-order chi connectivity index (χ0) is 34.3. The number of rotatable bonds is 18. The monoisotopic (exact) mass is 666 g/mol. The minimum Gasteiger partial charge on any atom is -0.490 e. The van der Waals surface area contributed by atoms with E-state index in [9.17, 15) is 14.0 Å². The van der Waals surface area contributed by atoms with Crippen LogP contribution in [-0.2, 0) is 19.1 Å². The Morgan fingerprint density at radius 3 is 1.67 bits per heavy atom. The average Bonchev–Trinajstić information content (AvgIpc) is 3.13. The SMILES string of the molecule is C=C(CO)C(=O)OCCOc1cc(OCCOC(=O)C(=C)CO)cc(-c2ccc(C3CCC(C4CCC(CCCF)CC4)CC3)cc2)c1.